The highest BCUT2D eigenvalue weighted by molar-refractivity contribution is 6.35. The molecule has 0 aliphatic rings. The van der Waals surface area contributed by atoms with Gasteiger partial charge in [-0.05, 0) is 50.1 Å². The summed E-state index contributed by atoms with van der Waals surface area (Å²) >= 11 is 12.1. The van der Waals surface area contributed by atoms with Crippen molar-refractivity contribution >= 4 is 23.2 Å². The first-order valence-corrected chi connectivity index (χ1v) is 9.34. The van der Waals surface area contributed by atoms with Crippen LogP contribution in [0.2, 0.25) is 10.0 Å². The minimum atomic E-state index is 0.362. The van der Waals surface area contributed by atoms with Gasteiger partial charge in [0, 0.05) is 28.2 Å². The highest BCUT2D eigenvalue weighted by Gasteiger charge is 2.09. The number of hydrogen-bond donors (Lipinski definition) is 1. The van der Waals surface area contributed by atoms with Crippen molar-refractivity contribution in [3.63, 3.8) is 0 Å². The fourth-order valence-electron chi connectivity index (χ4n) is 2.28. The van der Waals surface area contributed by atoms with Crippen molar-refractivity contribution in [1.82, 2.24) is 5.32 Å². The zero-order valence-electron chi connectivity index (χ0n) is 14.9. The van der Waals surface area contributed by atoms with E-state index in [1.54, 1.807) is 12.1 Å². The largest absolute Gasteiger partial charge is 0.490 e. The Morgan fingerprint density at radius 1 is 1.00 bits per heavy atom. The van der Waals surface area contributed by atoms with Gasteiger partial charge in [0.15, 0.2) is 11.5 Å². The van der Waals surface area contributed by atoms with E-state index in [0.717, 1.165) is 24.3 Å². The van der Waals surface area contributed by atoms with Gasteiger partial charge < -0.3 is 14.8 Å². The Morgan fingerprint density at radius 3 is 2.48 bits per heavy atom. The fraction of sp³-hybridized carbons (Fsp3) is 0.400. The SMILES string of the molecule is CCOc1cc(CN[C@H](C)CC)ccc1OCc1ccc(Cl)cc1Cl. The molecule has 0 radical (unpaired) electrons. The van der Waals surface area contributed by atoms with Crippen molar-refractivity contribution in [1.29, 1.82) is 0 Å². The van der Waals surface area contributed by atoms with Gasteiger partial charge in [-0.1, -0.05) is 42.3 Å². The first-order valence-electron chi connectivity index (χ1n) is 8.59. The normalized spacial score (nSPS) is 12.0. The van der Waals surface area contributed by atoms with Crippen LogP contribution in [0.1, 0.15) is 38.3 Å². The minimum Gasteiger partial charge on any atom is -0.490 e. The van der Waals surface area contributed by atoms with E-state index >= 15 is 0 Å². The molecule has 0 unspecified atom stereocenters. The standard InChI is InChI=1S/C20H25Cl2NO2/c1-4-14(3)23-12-15-6-9-19(20(10-15)24-5-2)25-13-16-7-8-17(21)11-18(16)22/h6-11,14,23H,4-5,12-13H2,1-3H3/t14-/m1/s1. The Morgan fingerprint density at radius 2 is 1.80 bits per heavy atom. The third-order valence-electron chi connectivity index (χ3n) is 3.97. The Bertz CT molecular complexity index is 691. The van der Waals surface area contributed by atoms with Gasteiger partial charge in [-0.25, -0.2) is 0 Å². The second-order valence-corrected chi connectivity index (χ2v) is 6.77. The molecule has 2 aromatic rings. The molecule has 0 spiro atoms. The first kappa shape index (κ1) is 19.9. The molecule has 0 amide bonds. The predicted molar refractivity (Wildman–Crippen MR) is 105 cm³/mol. The van der Waals surface area contributed by atoms with Gasteiger partial charge in [-0.15, -0.1) is 0 Å². The lowest BCUT2D eigenvalue weighted by atomic mass is 10.1. The van der Waals surface area contributed by atoms with Crippen molar-refractivity contribution in [3.8, 4) is 11.5 Å². The topological polar surface area (TPSA) is 30.5 Å². The van der Waals surface area contributed by atoms with E-state index < -0.39 is 0 Å². The molecule has 2 rings (SSSR count). The van der Waals surface area contributed by atoms with Crippen molar-refractivity contribution in [2.45, 2.75) is 46.4 Å². The molecule has 25 heavy (non-hydrogen) atoms. The number of nitrogens with one attached hydrogen (secondary N) is 1. The summed E-state index contributed by atoms with van der Waals surface area (Å²) in [7, 11) is 0. The van der Waals surface area contributed by atoms with Crippen LogP contribution in [0.25, 0.3) is 0 Å². The molecule has 0 aliphatic carbocycles. The fourth-order valence-corrected chi connectivity index (χ4v) is 2.74. The summed E-state index contributed by atoms with van der Waals surface area (Å²) in [5.41, 5.74) is 2.05. The first-order chi connectivity index (χ1) is 12.0. The van der Waals surface area contributed by atoms with Crippen molar-refractivity contribution in [2.75, 3.05) is 6.61 Å². The molecule has 0 fully saturated rings. The molecule has 0 saturated carbocycles. The lowest BCUT2D eigenvalue weighted by molar-refractivity contribution is 0.269. The summed E-state index contributed by atoms with van der Waals surface area (Å²) < 4.78 is 11.7. The van der Waals surface area contributed by atoms with Crippen molar-refractivity contribution in [3.05, 3.63) is 57.6 Å². The Hall–Kier alpha value is -1.42. The van der Waals surface area contributed by atoms with Crippen LogP contribution in [0.15, 0.2) is 36.4 Å². The number of ether oxygens (including phenoxy) is 2. The number of benzene rings is 2. The smallest absolute Gasteiger partial charge is 0.161 e. The summed E-state index contributed by atoms with van der Waals surface area (Å²) in [6.45, 7) is 8.06. The monoisotopic (exact) mass is 381 g/mol. The van der Waals surface area contributed by atoms with Crippen LogP contribution in [0.5, 0.6) is 11.5 Å². The lowest BCUT2D eigenvalue weighted by Crippen LogP contribution is -2.24. The lowest BCUT2D eigenvalue weighted by Gasteiger charge is -2.15. The maximum Gasteiger partial charge on any atom is 0.161 e. The summed E-state index contributed by atoms with van der Waals surface area (Å²) in [5, 5.41) is 4.69. The highest BCUT2D eigenvalue weighted by atomic mass is 35.5. The third-order valence-corrected chi connectivity index (χ3v) is 4.56. The summed E-state index contributed by atoms with van der Waals surface area (Å²) in [6.07, 6.45) is 1.10. The van der Waals surface area contributed by atoms with Crippen LogP contribution in [-0.4, -0.2) is 12.6 Å². The molecule has 0 saturated heterocycles. The maximum atomic E-state index is 6.20. The number of halogens is 2. The molecule has 2 aromatic carbocycles. The van der Waals surface area contributed by atoms with E-state index in [-0.39, 0.29) is 0 Å². The second-order valence-electron chi connectivity index (χ2n) is 5.93. The van der Waals surface area contributed by atoms with E-state index in [1.165, 1.54) is 5.56 Å². The van der Waals surface area contributed by atoms with E-state index in [2.05, 4.69) is 25.2 Å². The molecular weight excluding hydrogens is 357 g/mol. The van der Waals surface area contributed by atoms with Crippen LogP contribution in [-0.2, 0) is 13.2 Å². The zero-order chi connectivity index (χ0) is 18.2. The van der Waals surface area contributed by atoms with Gasteiger partial charge in [0.2, 0.25) is 0 Å². The van der Waals surface area contributed by atoms with Gasteiger partial charge in [0.25, 0.3) is 0 Å². The van der Waals surface area contributed by atoms with Crippen LogP contribution < -0.4 is 14.8 Å². The third kappa shape index (κ3) is 6.10. The summed E-state index contributed by atoms with van der Waals surface area (Å²) in [6, 6.07) is 11.9. The quantitative estimate of drug-likeness (QED) is 0.589. The zero-order valence-corrected chi connectivity index (χ0v) is 16.5. The average Bonchev–Trinajstić information content (AvgIpc) is 2.60. The Labute approximate surface area is 160 Å². The molecule has 3 nitrogen and oxygen atoms in total. The maximum absolute atomic E-state index is 6.20. The second kappa shape index (κ2) is 9.91. The van der Waals surface area contributed by atoms with Gasteiger partial charge in [-0.2, -0.15) is 0 Å². The summed E-state index contributed by atoms with van der Waals surface area (Å²) in [4.78, 5) is 0. The van der Waals surface area contributed by atoms with Crippen molar-refractivity contribution < 1.29 is 9.47 Å². The average molecular weight is 382 g/mol. The Kier molecular flexibility index (Phi) is 7.89. The molecule has 1 atom stereocenters. The van der Waals surface area contributed by atoms with Crippen LogP contribution in [0.4, 0.5) is 0 Å². The van der Waals surface area contributed by atoms with Crippen LogP contribution in [0.3, 0.4) is 0 Å². The van der Waals surface area contributed by atoms with E-state index in [0.29, 0.717) is 35.1 Å². The molecular formula is C20H25Cl2NO2. The Balaban J connectivity index is 2.08. The van der Waals surface area contributed by atoms with E-state index in [1.807, 2.05) is 25.1 Å². The van der Waals surface area contributed by atoms with E-state index in [9.17, 15) is 0 Å². The van der Waals surface area contributed by atoms with Gasteiger partial charge in [0.1, 0.15) is 6.61 Å². The number of hydrogen-bond acceptors (Lipinski definition) is 3. The molecule has 0 bridgehead atoms. The minimum absolute atomic E-state index is 0.362. The highest BCUT2D eigenvalue weighted by Crippen LogP contribution is 2.30. The van der Waals surface area contributed by atoms with E-state index in [4.69, 9.17) is 32.7 Å². The van der Waals surface area contributed by atoms with Gasteiger partial charge in [-0.3, -0.25) is 0 Å². The molecule has 136 valence electrons. The summed E-state index contributed by atoms with van der Waals surface area (Å²) in [5.74, 6) is 1.45. The number of rotatable bonds is 9. The van der Waals surface area contributed by atoms with Crippen LogP contribution in [0, 0.1) is 0 Å². The van der Waals surface area contributed by atoms with Crippen molar-refractivity contribution in [2.24, 2.45) is 0 Å². The molecule has 0 heterocycles. The molecule has 5 heteroatoms. The van der Waals surface area contributed by atoms with Gasteiger partial charge >= 0.3 is 0 Å². The van der Waals surface area contributed by atoms with Crippen LogP contribution >= 0.6 is 23.2 Å². The molecule has 0 aromatic heterocycles. The molecule has 0 aliphatic heterocycles. The molecule has 1 N–H and O–H groups in total. The predicted octanol–water partition coefficient (Wildman–Crippen LogP) is 5.86. The van der Waals surface area contributed by atoms with Gasteiger partial charge in [0.05, 0.1) is 6.61 Å².